The van der Waals surface area contributed by atoms with Gasteiger partial charge in [0.2, 0.25) is 10.0 Å². The Hall–Kier alpha value is -2.74. The number of halogens is 1. The molecule has 0 radical (unpaired) electrons. The minimum atomic E-state index is -3.72. The highest BCUT2D eigenvalue weighted by molar-refractivity contribution is 7.89. The summed E-state index contributed by atoms with van der Waals surface area (Å²) >= 11 is 0. The van der Waals surface area contributed by atoms with Gasteiger partial charge in [0.15, 0.2) is 0 Å². The molecule has 1 heterocycles. The monoisotopic (exact) mass is 454 g/mol. The van der Waals surface area contributed by atoms with E-state index in [9.17, 15) is 12.8 Å². The Labute approximate surface area is 188 Å². The van der Waals surface area contributed by atoms with Gasteiger partial charge in [-0.2, -0.15) is 0 Å². The lowest BCUT2D eigenvalue weighted by Gasteiger charge is -2.32. The van der Waals surface area contributed by atoms with Crippen molar-refractivity contribution in [3.8, 4) is 16.9 Å². The van der Waals surface area contributed by atoms with Crippen LogP contribution in [0.15, 0.2) is 83.8 Å². The standard InChI is InChI=1S/C25H27FN2O3S/c26-21-9-6-10-23(19-21)32(29,30)27-22-13-15-28(16-14-22)17-18-31-25-12-5-4-11-24(25)20-7-2-1-3-8-20/h1-12,19,22,27H,13-18H2. The molecule has 3 aromatic carbocycles. The highest BCUT2D eigenvalue weighted by Crippen LogP contribution is 2.29. The van der Waals surface area contributed by atoms with E-state index in [-0.39, 0.29) is 10.9 Å². The van der Waals surface area contributed by atoms with Crippen LogP contribution in [0.1, 0.15) is 12.8 Å². The number of likely N-dealkylation sites (tertiary alicyclic amines) is 1. The van der Waals surface area contributed by atoms with Crippen molar-refractivity contribution in [1.29, 1.82) is 0 Å². The molecule has 5 nitrogen and oxygen atoms in total. The summed E-state index contributed by atoms with van der Waals surface area (Å²) in [5.74, 6) is 0.299. The van der Waals surface area contributed by atoms with Crippen LogP contribution in [-0.4, -0.2) is 45.6 Å². The number of nitrogens with zero attached hydrogens (tertiary/aromatic N) is 1. The second kappa shape index (κ2) is 10.3. The fourth-order valence-corrected chi connectivity index (χ4v) is 5.27. The van der Waals surface area contributed by atoms with Crippen molar-refractivity contribution >= 4 is 10.0 Å². The number of ether oxygens (including phenoxy) is 1. The maximum Gasteiger partial charge on any atom is 0.240 e. The molecule has 1 aliphatic heterocycles. The molecule has 168 valence electrons. The van der Waals surface area contributed by atoms with E-state index in [4.69, 9.17) is 4.74 Å². The second-order valence-corrected chi connectivity index (χ2v) is 9.62. The molecule has 1 fully saturated rings. The molecule has 0 aromatic heterocycles. The lowest BCUT2D eigenvalue weighted by molar-refractivity contribution is 0.171. The van der Waals surface area contributed by atoms with Crippen LogP contribution in [0.5, 0.6) is 5.75 Å². The molecule has 4 rings (SSSR count). The lowest BCUT2D eigenvalue weighted by Crippen LogP contribution is -2.45. The fraction of sp³-hybridized carbons (Fsp3) is 0.280. The van der Waals surface area contributed by atoms with Gasteiger partial charge in [-0.3, -0.25) is 4.90 Å². The van der Waals surface area contributed by atoms with Gasteiger partial charge in [-0.05, 0) is 55.8 Å². The summed E-state index contributed by atoms with van der Waals surface area (Å²) in [4.78, 5) is 2.24. The Balaban J connectivity index is 1.26. The summed E-state index contributed by atoms with van der Waals surface area (Å²) in [6.07, 6.45) is 1.41. The van der Waals surface area contributed by atoms with Gasteiger partial charge in [0.1, 0.15) is 18.2 Å². The molecule has 1 saturated heterocycles. The van der Waals surface area contributed by atoms with E-state index in [0.717, 1.165) is 42.6 Å². The first-order valence-corrected chi connectivity index (χ1v) is 12.3. The molecule has 7 heteroatoms. The smallest absolute Gasteiger partial charge is 0.240 e. The topological polar surface area (TPSA) is 58.6 Å². The van der Waals surface area contributed by atoms with E-state index in [2.05, 4.69) is 27.8 Å². The SMILES string of the molecule is O=S(=O)(NC1CCN(CCOc2ccccc2-c2ccccc2)CC1)c1cccc(F)c1. The third-order valence-electron chi connectivity index (χ3n) is 5.65. The summed E-state index contributed by atoms with van der Waals surface area (Å²) in [5.41, 5.74) is 2.19. The highest BCUT2D eigenvalue weighted by Gasteiger charge is 2.24. The fourth-order valence-electron chi connectivity index (χ4n) is 3.93. The van der Waals surface area contributed by atoms with E-state index in [1.165, 1.54) is 18.2 Å². The van der Waals surface area contributed by atoms with Gasteiger partial charge in [0.05, 0.1) is 4.90 Å². The van der Waals surface area contributed by atoms with Crippen molar-refractivity contribution in [1.82, 2.24) is 9.62 Å². The highest BCUT2D eigenvalue weighted by atomic mass is 32.2. The number of benzene rings is 3. The predicted octanol–water partition coefficient (Wildman–Crippen LogP) is 4.31. The van der Waals surface area contributed by atoms with Gasteiger partial charge in [-0.1, -0.05) is 54.6 Å². The summed E-state index contributed by atoms with van der Waals surface area (Å²) in [6.45, 7) is 2.89. The zero-order valence-electron chi connectivity index (χ0n) is 17.8. The Morgan fingerprint density at radius 1 is 0.938 bits per heavy atom. The Morgan fingerprint density at radius 3 is 2.41 bits per heavy atom. The van der Waals surface area contributed by atoms with Gasteiger partial charge < -0.3 is 4.74 Å². The van der Waals surface area contributed by atoms with Gasteiger partial charge in [0.25, 0.3) is 0 Å². The molecule has 0 saturated carbocycles. The van der Waals surface area contributed by atoms with Crippen molar-refractivity contribution in [2.75, 3.05) is 26.2 Å². The summed E-state index contributed by atoms with van der Waals surface area (Å²) in [7, 11) is -3.72. The third kappa shape index (κ3) is 5.73. The first kappa shape index (κ1) is 22.5. The molecule has 0 amide bonds. The van der Waals surface area contributed by atoms with E-state index < -0.39 is 15.8 Å². The molecular formula is C25H27FN2O3S. The average molecular weight is 455 g/mol. The first-order valence-electron chi connectivity index (χ1n) is 10.8. The van der Waals surface area contributed by atoms with Gasteiger partial charge >= 0.3 is 0 Å². The minimum absolute atomic E-state index is 0.0367. The quantitative estimate of drug-likeness (QED) is 0.551. The number of nitrogens with one attached hydrogen (secondary N) is 1. The van der Waals surface area contributed by atoms with Crippen LogP contribution in [0, 0.1) is 5.82 Å². The van der Waals surface area contributed by atoms with E-state index >= 15 is 0 Å². The number of hydrogen-bond acceptors (Lipinski definition) is 4. The predicted molar refractivity (Wildman–Crippen MR) is 124 cm³/mol. The lowest BCUT2D eigenvalue weighted by atomic mass is 10.1. The second-order valence-electron chi connectivity index (χ2n) is 7.91. The molecule has 0 atom stereocenters. The summed E-state index contributed by atoms with van der Waals surface area (Å²) in [5, 5.41) is 0. The third-order valence-corrected chi connectivity index (χ3v) is 7.17. The number of piperidine rings is 1. The zero-order chi connectivity index (χ0) is 22.4. The van der Waals surface area contributed by atoms with Crippen molar-refractivity contribution in [3.05, 3.63) is 84.7 Å². The molecule has 32 heavy (non-hydrogen) atoms. The number of hydrogen-bond donors (Lipinski definition) is 1. The van der Waals surface area contributed by atoms with Gasteiger partial charge in [0, 0.05) is 18.2 Å². The van der Waals surface area contributed by atoms with Gasteiger partial charge in [-0.25, -0.2) is 17.5 Å². The molecule has 0 spiro atoms. The largest absolute Gasteiger partial charge is 0.492 e. The Kier molecular flexibility index (Phi) is 7.19. The maximum absolute atomic E-state index is 13.4. The van der Waals surface area contributed by atoms with Crippen molar-refractivity contribution in [2.24, 2.45) is 0 Å². The summed E-state index contributed by atoms with van der Waals surface area (Å²) in [6, 6.07) is 23.1. The molecule has 3 aromatic rings. The average Bonchev–Trinajstić information content (AvgIpc) is 2.81. The van der Waals surface area contributed by atoms with Crippen LogP contribution in [0.3, 0.4) is 0 Å². The first-order chi connectivity index (χ1) is 15.5. The van der Waals surface area contributed by atoms with E-state index in [1.807, 2.05) is 36.4 Å². The van der Waals surface area contributed by atoms with Crippen LogP contribution in [0.25, 0.3) is 11.1 Å². The van der Waals surface area contributed by atoms with Crippen LogP contribution >= 0.6 is 0 Å². The molecule has 1 N–H and O–H groups in total. The number of sulfonamides is 1. The molecular weight excluding hydrogens is 427 g/mol. The van der Waals surface area contributed by atoms with Crippen molar-refractivity contribution in [2.45, 2.75) is 23.8 Å². The number of para-hydroxylation sites is 1. The molecule has 0 bridgehead atoms. The molecule has 0 unspecified atom stereocenters. The zero-order valence-corrected chi connectivity index (χ0v) is 18.6. The van der Waals surface area contributed by atoms with E-state index in [1.54, 1.807) is 0 Å². The number of rotatable bonds is 8. The Bertz CT molecular complexity index is 1130. The van der Waals surface area contributed by atoms with Crippen molar-refractivity contribution in [3.63, 3.8) is 0 Å². The molecule has 0 aliphatic carbocycles. The Morgan fingerprint density at radius 2 is 1.66 bits per heavy atom. The maximum atomic E-state index is 13.4. The summed E-state index contributed by atoms with van der Waals surface area (Å²) < 4.78 is 47.2. The van der Waals surface area contributed by atoms with Gasteiger partial charge in [-0.15, -0.1) is 0 Å². The van der Waals surface area contributed by atoms with Crippen LogP contribution in [0.2, 0.25) is 0 Å². The minimum Gasteiger partial charge on any atom is -0.492 e. The van der Waals surface area contributed by atoms with Crippen LogP contribution in [0.4, 0.5) is 4.39 Å². The van der Waals surface area contributed by atoms with Crippen molar-refractivity contribution < 1.29 is 17.5 Å². The van der Waals surface area contributed by atoms with E-state index in [0.29, 0.717) is 19.4 Å². The molecule has 1 aliphatic rings. The normalized spacial score (nSPS) is 15.5. The van der Waals surface area contributed by atoms with Crippen LogP contribution in [-0.2, 0) is 10.0 Å². The van der Waals surface area contributed by atoms with Crippen LogP contribution < -0.4 is 9.46 Å².